The highest BCUT2D eigenvalue weighted by Gasteiger charge is 2.19. The lowest BCUT2D eigenvalue weighted by Gasteiger charge is -2.08. The summed E-state index contributed by atoms with van der Waals surface area (Å²) in [4.78, 5) is 12.0. The lowest BCUT2D eigenvalue weighted by Crippen LogP contribution is -2.31. The van der Waals surface area contributed by atoms with Crippen molar-refractivity contribution in [3.8, 4) is 11.8 Å². The smallest absolute Gasteiger partial charge is 0.264 e. The number of rotatable bonds is 4. The molecule has 2 aromatic carbocycles. The molecule has 122 valence electrons. The van der Waals surface area contributed by atoms with Crippen LogP contribution in [0.3, 0.4) is 0 Å². The van der Waals surface area contributed by atoms with E-state index in [0.717, 1.165) is 23.3 Å². The van der Waals surface area contributed by atoms with Crippen molar-refractivity contribution in [2.75, 3.05) is 6.61 Å². The molecule has 0 aromatic heterocycles. The Morgan fingerprint density at radius 1 is 1.25 bits per heavy atom. The van der Waals surface area contributed by atoms with Gasteiger partial charge in [0.05, 0.1) is 29.6 Å². The van der Waals surface area contributed by atoms with Crippen LogP contribution in [0.1, 0.15) is 16.7 Å². The maximum atomic E-state index is 12.2. The van der Waals surface area contributed by atoms with E-state index in [0.29, 0.717) is 6.61 Å². The predicted molar refractivity (Wildman–Crippen MR) is 85.8 cm³/mol. The van der Waals surface area contributed by atoms with E-state index in [4.69, 9.17) is 10.00 Å². The molecule has 0 radical (unpaired) electrons. The molecule has 1 aliphatic rings. The molecule has 0 saturated heterocycles. The zero-order valence-corrected chi connectivity index (χ0v) is 13.5. The lowest BCUT2D eigenvalue weighted by molar-refractivity contribution is -0.118. The Balaban J connectivity index is 1.73. The number of carbonyl (C=O) groups excluding carboxylic acids is 1. The van der Waals surface area contributed by atoms with Crippen molar-refractivity contribution in [1.82, 2.24) is 4.72 Å². The fourth-order valence-corrected chi connectivity index (χ4v) is 3.54. The summed E-state index contributed by atoms with van der Waals surface area (Å²) in [5.41, 5.74) is 1.95. The number of sulfonamides is 1. The van der Waals surface area contributed by atoms with Gasteiger partial charge in [0, 0.05) is 6.42 Å². The Morgan fingerprint density at radius 2 is 2.08 bits per heavy atom. The van der Waals surface area contributed by atoms with E-state index in [1.54, 1.807) is 12.1 Å². The molecule has 1 heterocycles. The van der Waals surface area contributed by atoms with Crippen molar-refractivity contribution in [3.63, 3.8) is 0 Å². The monoisotopic (exact) mass is 342 g/mol. The van der Waals surface area contributed by atoms with E-state index in [1.807, 2.05) is 16.9 Å². The molecular formula is C17H14N2O4S. The summed E-state index contributed by atoms with van der Waals surface area (Å²) in [6.07, 6.45) is 0.731. The molecular weight excluding hydrogens is 328 g/mol. The Labute approximate surface area is 139 Å². The largest absolute Gasteiger partial charge is 0.493 e. The maximum absolute atomic E-state index is 12.2. The predicted octanol–water partition coefficient (Wildman–Crippen LogP) is 1.54. The third-order valence-corrected chi connectivity index (χ3v) is 5.01. The van der Waals surface area contributed by atoms with Gasteiger partial charge in [0.1, 0.15) is 5.75 Å². The topological polar surface area (TPSA) is 96.3 Å². The van der Waals surface area contributed by atoms with Crippen molar-refractivity contribution in [2.24, 2.45) is 0 Å². The van der Waals surface area contributed by atoms with Gasteiger partial charge in [-0.15, -0.1) is 0 Å². The number of hydrogen-bond acceptors (Lipinski definition) is 5. The third-order valence-electron chi connectivity index (χ3n) is 3.64. The molecule has 0 saturated carbocycles. The van der Waals surface area contributed by atoms with E-state index in [9.17, 15) is 13.2 Å². The molecule has 1 amide bonds. The minimum atomic E-state index is -4.00. The standard InChI is InChI=1S/C17H14N2O4S/c18-11-13-2-1-3-15(9-13)24(21,22)19-17(20)10-12-4-5-16-14(8-12)6-7-23-16/h1-5,8-9H,6-7,10H2,(H,19,20). The van der Waals surface area contributed by atoms with Crippen LogP contribution in [0.4, 0.5) is 0 Å². The van der Waals surface area contributed by atoms with Crippen molar-refractivity contribution in [1.29, 1.82) is 5.26 Å². The number of nitrogens with one attached hydrogen (secondary N) is 1. The number of nitrogens with zero attached hydrogens (tertiary/aromatic N) is 1. The molecule has 6 nitrogen and oxygen atoms in total. The highest BCUT2D eigenvalue weighted by Crippen LogP contribution is 2.26. The number of carbonyl (C=O) groups is 1. The summed E-state index contributed by atoms with van der Waals surface area (Å²) in [6.45, 7) is 0.620. The minimum Gasteiger partial charge on any atom is -0.493 e. The second kappa shape index (κ2) is 6.34. The van der Waals surface area contributed by atoms with Gasteiger partial charge in [0.15, 0.2) is 0 Å². The van der Waals surface area contributed by atoms with E-state index < -0.39 is 15.9 Å². The Kier molecular flexibility index (Phi) is 4.23. The van der Waals surface area contributed by atoms with Gasteiger partial charge in [-0.3, -0.25) is 4.79 Å². The Morgan fingerprint density at radius 3 is 2.88 bits per heavy atom. The molecule has 0 atom stereocenters. The first-order valence-electron chi connectivity index (χ1n) is 7.28. The second-order valence-electron chi connectivity index (χ2n) is 5.39. The first-order chi connectivity index (χ1) is 11.5. The second-order valence-corrected chi connectivity index (χ2v) is 7.07. The summed E-state index contributed by atoms with van der Waals surface area (Å²) in [5, 5.41) is 8.84. The van der Waals surface area contributed by atoms with Crippen LogP contribution >= 0.6 is 0 Å². The molecule has 0 spiro atoms. The van der Waals surface area contributed by atoms with Crippen molar-refractivity contribution >= 4 is 15.9 Å². The SMILES string of the molecule is N#Cc1cccc(S(=O)(=O)NC(=O)Cc2ccc3c(c2)CCO3)c1. The normalized spacial score (nSPS) is 12.8. The van der Waals surface area contributed by atoms with Crippen LogP contribution in [0, 0.1) is 11.3 Å². The quantitative estimate of drug-likeness (QED) is 0.909. The molecule has 1 aliphatic heterocycles. The first-order valence-corrected chi connectivity index (χ1v) is 8.77. The van der Waals surface area contributed by atoms with Crippen LogP contribution in [-0.2, 0) is 27.7 Å². The summed E-state index contributed by atoms with van der Waals surface area (Å²) in [5.74, 6) is 0.177. The molecule has 0 fully saturated rings. The van der Waals surface area contributed by atoms with Crippen molar-refractivity contribution in [3.05, 3.63) is 59.2 Å². The summed E-state index contributed by atoms with van der Waals surface area (Å²) in [7, 11) is -4.00. The zero-order valence-electron chi connectivity index (χ0n) is 12.7. The molecule has 0 unspecified atom stereocenters. The van der Waals surface area contributed by atoms with Crippen LogP contribution in [0.2, 0.25) is 0 Å². The average Bonchev–Trinajstić information content (AvgIpc) is 3.02. The van der Waals surface area contributed by atoms with Crippen LogP contribution in [0.15, 0.2) is 47.4 Å². The van der Waals surface area contributed by atoms with E-state index in [-0.39, 0.29) is 16.9 Å². The summed E-state index contributed by atoms with van der Waals surface area (Å²) >= 11 is 0. The highest BCUT2D eigenvalue weighted by molar-refractivity contribution is 7.90. The van der Waals surface area contributed by atoms with Crippen molar-refractivity contribution in [2.45, 2.75) is 17.7 Å². The molecule has 0 bridgehead atoms. The molecule has 1 N–H and O–H groups in total. The average molecular weight is 342 g/mol. The maximum Gasteiger partial charge on any atom is 0.264 e. The zero-order chi connectivity index (χ0) is 17.2. The molecule has 24 heavy (non-hydrogen) atoms. The molecule has 3 rings (SSSR count). The van der Waals surface area contributed by atoms with E-state index >= 15 is 0 Å². The third kappa shape index (κ3) is 3.39. The van der Waals surface area contributed by atoms with Gasteiger partial charge in [-0.2, -0.15) is 5.26 Å². The number of ether oxygens (including phenoxy) is 1. The number of hydrogen-bond donors (Lipinski definition) is 1. The van der Waals surface area contributed by atoms with Gasteiger partial charge in [-0.1, -0.05) is 18.2 Å². The van der Waals surface area contributed by atoms with Crippen LogP contribution in [0.5, 0.6) is 5.75 Å². The lowest BCUT2D eigenvalue weighted by atomic mass is 10.1. The van der Waals surface area contributed by atoms with E-state index in [1.165, 1.54) is 24.3 Å². The van der Waals surface area contributed by atoms with Crippen molar-refractivity contribution < 1.29 is 17.9 Å². The van der Waals surface area contributed by atoms with Gasteiger partial charge in [-0.25, -0.2) is 13.1 Å². The number of nitriles is 1. The Hall–Kier alpha value is -2.85. The van der Waals surface area contributed by atoms with Gasteiger partial charge in [0.2, 0.25) is 5.91 Å². The van der Waals surface area contributed by atoms with Gasteiger partial charge >= 0.3 is 0 Å². The summed E-state index contributed by atoms with van der Waals surface area (Å²) < 4.78 is 31.9. The highest BCUT2D eigenvalue weighted by atomic mass is 32.2. The van der Waals surface area contributed by atoms with Crippen LogP contribution in [0.25, 0.3) is 0 Å². The number of fused-ring (bicyclic) bond motifs is 1. The van der Waals surface area contributed by atoms with E-state index in [2.05, 4.69) is 0 Å². The molecule has 2 aromatic rings. The summed E-state index contributed by atoms with van der Waals surface area (Å²) in [6, 6.07) is 12.8. The fourth-order valence-electron chi connectivity index (χ4n) is 2.51. The van der Waals surface area contributed by atoms with Gasteiger partial charge in [-0.05, 0) is 35.4 Å². The molecule has 7 heteroatoms. The fraction of sp³-hybridized carbons (Fsp3) is 0.176. The van der Waals surface area contributed by atoms with Gasteiger partial charge in [0.25, 0.3) is 10.0 Å². The Bertz CT molecular complexity index is 945. The minimum absolute atomic E-state index is 0.0511. The van der Waals surface area contributed by atoms with Crippen LogP contribution < -0.4 is 9.46 Å². The molecule has 0 aliphatic carbocycles. The first kappa shape index (κ1) is 16.0. The van der Waals surface area contributed by atoms with Gasteiger partial charge < -0.3 is 4.74 Å². The number of benzene rings is 2. The van der Waals surface area contributed by atoms with Crippen LogP contribution in [-0.4, -0.2) is 20.9 Å². The number of amides is 1.